The minimum atomic E-state index is -0.311. The van der Waals surface area contributed by atoms with E-state index in [1.165, 1.54) is 122 Å². The highest BCUT2D eigenvalue weighted by molar-refractivity contribution is 5.69. The van der Waals surface area contributed by atoms with Gasteiger partial charge in [-0.05, 0) is 77.8 Å². The Bertz CT molecular complexity index is 714. The zero-order valence-electron chi connectivity index (χ0n) is 34.8. The molecule has 6 heteroatoms. The van der Waals surface area contributed by atoms with Crippen molar-refractivity contribution in [2.24, 2.45) is 0 Å². The van der Waals surface area contributed by atoms with Gasteiger partial charge in [0.05, 0.1) is 12.7 Å². The number of rotatable bonds is 41. The minimum Gasteiger partial charge on any atom is -0.466 e. The maximum atomic E-state index is 12.7. The third kappa shape index (κ3) is 40.1. The van der Waals surface area contributed by atoms with Crippen LogP contribution in [0.3, 0.4) is 0 Å². The van der Waals surface area contributed by atoms with Crippen molar-refractivity contribution >= 4 is 11.9 Å². The fraction of sp³-hybridized carbons (Fsp3) is 0.957. The van der Waals surface area contributed by atoms with Gasteiger partial charge in [-0.15, -0.1) is 0 Å². The van der Waals surface area contributed by atoms with Crippen molar-refractivity contribution in [1.82, 2.24) is 4.90 Å². The second-order valence-corrected chi connectivity index (χ2v) is 15.8. The molecule has 0 aliphatic rings. The zero-order chi connectivity index (χ0) is 37.5. The van der Waals surface area contributed by atoms with Crippen LogP contribution in [0.15, 0.2) is 0 Å². The highest BCUT2D eigenvalue weighted by Gasteiger charge is 2.14. The second-order valence-electron chi connectivity index (χ2n) is 15.8. The Morgan fingerprint density at radius 2 is 0.865 bits per heavy atom. The third-order valence-electron chi connectivity index (χ3n) is 10.3. The fourth-order valence-corrected chi connectivity index (χ4v) is 7.07. The molecule has 1 atom stereocenters. The van der Waals surface area contributed by atoms with Crippen molar-refractivity contribution in [1.29, 1.82) is 0 Å². The van der Waals surface area contributed by atoms with Gasteiger partial charge in [-0.1, -0.05) is 169 Å². The molecule has 52 heavy (non-hydrogen) atoms. The molecule has 0 heterocycles. The first-order valence-electron chi connectivity index (χ1n) is 22.7. The lowest BCUT2D eigenvalue weighted by Gasteiger charge is -2.23. The molecule has 0 fully saturated rings. The monoisotopic (exact) mass is 740 g/mol. The van der Waals surface area contributed by atoms with Crippen molar-refractivity contribution in [2.45, 2.75) is 259 Å². The molecule has 0 rings (SSSR count). The summed E-state index contributed by atoms with van der Waals surface area (Å²) < 4.78 is 11.4. The topological polar surface area (TPSA) is 76.1 Å². The molecule has 0 radical (unpaired) electrons. The predicted molar refractivity (Wildman–Crippen MR) is 225 cm³/mol. The number of hydrogen-bond donors (Lipinski definition) is 1. The van der Waals surface area contributed by atoms with E-state index in [9.17, 15) is 14.7 Å². The number of nitrogens with zero attached hydrogens (tertiary/aromatic N) is 1. The summed E-state index contributed by atoms with van der Waals surface area (Å²) in [6.07, 6.45) is 37.9. The van der Waals surface area contributed by atoms with E-state index >= 15 is 0 Å². The molecular formula is C46H93NO5. The number of aliphatic hydroxyl groups excluding tert-OH is 1. The average Bonchev–Trinajstić information content (AvgIpc) is 3.10. The molecule has 6 nitrogen and oxygen atoms in total. The largest absolute Gasteiger partial charge is 0.466 e. The van der Waals surface area contributed by atoms with E-state index in [0.717, 1.165) is 96.7 Å². The number of unbranched alkanes of at least 4 members (excludes halogenated alkanes) is 24. The normalized spacial score (nSPS) is 12.0. The Labute approximate surface area is 325 Å². The fourth-order valence-electron chi connectivity index (χ4n) is 7.07. The lowest BCUT2D eigenvalue weighted by Crippen LogP contribution is -2.32. The van der Waals surface area contributed by atoms with Gasteiger partial charge in [0.15, 0.2) is 0 Å². The highest BCUT2D eigenvalue weighted by Crippen LogP contribution is 2.18. The number of carbonyl (C=O) groups is 2. The van der Waals surface area contributed by atoms with Crippen LogP contribution in [0, 0.1) is 0 Å². The molecule has 1 unspecified atom stereocenters. The summed E-state index contributed by atoms with van der Waals surface area (Å²) in [6, 6.07) is 0. The molecule has 0 aromatic heterocycles. The Hall–Kier alpha value is -1.14. The van der Waals surface area contributed by atoms with E-state index in [-0.39, 0.29) is 31.6 Å². The molecule has 0 bridgehead atoms. The Morgan fingerprint density at radius 3 is 1.31 bits per heavy atom. The van der Waals surface area contributed by atoms with Gasteiger partial charge < -0.3 is 19.5 Å². The van der Waals surface area contributed by atoms with Gasteiger partial charge in [0.2, 0.25) is 0 Å². The van der Waals surface area contributed by atoms with Gasteiger partial charge >= 0.3 is 11.9 Å². The van der Waals surface area contributed by atoms with E-state index in [1.807, 2.05) is 6.92 Å². The van der Waals surface area contributed by atoms with Gasteiger partial charge in [0, 0.05) is 19.4 Å². The van der Waals surface area contributed by atoms with Gasteiger partial charge in [-0.2, -0.15) is 0 Å². The smallest absolute Gasteiger partial charge is 0.306 e. The van der Waals surface area contributed by atoms with Crippen molar-refractivity contribution in [3.63, 3.8) is 0 Å². The zero-order valence-corrected chi connectivity index (χ0v) is 34.8. The Balaban J connectivity index is 0. The number of esters is 2. The van der Waals surface area contributed by atoms with Crippen LogP contribution >= 0.6 is 0 Å². The van der Waals surface area contributed by atoms with Crippen molar-refractivity contribution in [3.05, 3.63) is 0 Å². The first-order chi connectivity index (χ1) is 24.9. The van der Waals surface area contributed by atoms with Crippen LogP contribution in [0.2, 0.25) is 0 Å². The second kappa shape index (κ2) is 42.6. The van der Waals surface area contributed by atoms with Crippen LogP contribution in [0.5, 0.6) is 0 Å². The van der Waals surface area contributed by atoms with E-state index in [1.54, 1.807) is 0 Å². The number of aliphatic hydroxyl groups is 1. The summed E-state index contributed by atoms with van der Waals surface area (Å²) in [6.45, 7) is 12.0. The maximum Gasteiger partial charge on any atom is 0.306 e. The summed E-state index contributed by atoms with van der Waals surface area (Å²) in [5.74, 6) is -0.0194. The molecule has 0 amide bonds. The molecule has 0 aromatic rings. The molecule has 0 saturated heterocycles. The molecule has 0 aliphatic heterocycles. The minimum absolute atomic E-state index is 0. The maximum absolute atomic E-state index is 12.7. The molecule has 0 aromatic carbocycles. The van der Waals surface area contributed by atoms with Crippen molar-refractivity contribution < 1.29 is 24.2 Å². The Morgan fingerprint density at radius 1 is 0.500 bits per heavy atom. The summed E-state index contributed by atoms with van der Waals surface area (Å²) in [7, 11) is 0. The van der Waals surface area contributed by atoms with E-state index in [2.05, 4.69) is 25.7 Å². The van der Waals surface area contributed by atoms with Crippen LogP contribution < -0.4 is 0 Å². The summed E-state index contributed by atoms with van der Waals surface area (Å²) in [5, 5.41) is 10.0. The first-order valence-corrected chi connectivity index (χ1v) is 22.7. The Kier molecular flexibility index (Phi) is 43.4. The highest BCUT2D eigenvalue weighted by atomic mass is 16.5. The van der Waals surface area contributed by atoms with Crippen LogP contribution in [0.1, 0.15) is 247 Å². The summed E-state index contributed by atoms with van der Waals surface area (Å²) in [5.41, 5.74) is 0. The van der Waals surface area contributed by atoms with Gasteiger partial charge in [-0.25, -0.2) is 0 Å². The third-order valence-corrected chi connectivity index (χ3v) is 10.3. The van der Waals surface area contributed by atoms with Crippen LogP contribution in [0.25, 0.3) is 0 Å². The molecular weight excluding hydrogens is 647 g/mol. The van der Waals surface area contributed by atoms with Gasteiger partial charge in [0.25, 0.3) is 0 Å². The van der Waals surface area contributed by atoms with Crippen LogP contribution in [-0.4, -0.2) is 60.4 Å². The standard InChI is InChI=1S/C45H89NO5.CH4/c1-5-8-11-14-17-26-33-40-50-44(48)36-29-22-18-24-31-38-46(41-42(4)47)39-32-25-19-23-30-37-45(49)51-43(34-27-20-15-12-9-6-2)35-28-21-16-13-10-7-3;/h42-43,47H,5-41H2,1-4H3;1H4. The lowest BCUT2D eigenvalue weighted by atomic mass is 10.0. The number of carbonyl (C=O) groups excluding carboxylic acids is 2. The molecule has 1 N–H and O–H groups in total. The number of ether oxygens (including phenoxy) is 2. The molecule has 0 aliphatic carbocycles. The van der Waals surface area contributed by atoms with Crippen molar-refractivity contribution in [3.8, 4) is 0 Å². The number of hydrogen-bond acceptors (Lipinski definition) is 6. The van der Waals surface area contributed by atoms with E-state index in [4.69, 9.17) is 9.47 Å². The molecule has 312 valence electrons. The van der Waals surface area contributed by atoms with Crippen LogP contribution in [-0.2, 0) is 19.1 Å². The lowest BCUT2D eigenvalue weighted by molar-refractivity contribution is -0.150. The van der Waals surface area contributed by atoms with Gasteiger partial charge in [0.1, 0.15) is 6.10 Å². The SMILES string of the molecule is C.CCCCCCCCCOC(=O)CCCCCCCN(CCCCCCCC(=O)OC(CCCCCCCC)CCCCCCCC)CC(C)O. The van der Waals surface area contributed by atoms with Crippen molar-refractivity contribution in [2.75, 3.05) is 26.2 Å². The average molecular weight is 740 g/mol. The molecule has 0 saturated carbocycles. The quantitative estimate of drug-likeness (QED) is 0.0497. The van der Waals surface area contributed by atoms with E-state index in [0.29, 0.717) is 19.4 Å². The molecule has 0 spiro atoms. The first kappa shape index (κ1) is 53.0. The van der Waals surface area contributed by atoms with Gasteiger partial charge in [-0.3, -0.25) is 9.59 Å². The van der Waals surface area contributed by atoms with E-state index < -0.39 is 0 Å². The van der Waals surface area contributed by atoms with Crippen LogP contribution in [0.4, 0.5) is 0 Å². The predicted octanol–water partition coefficient (Wildman–Crippen LogP) is 13.7. The summed E-state index contributed by atoms with van der Waals surface area (Å²) in [4.78, 5) is 27.1. The summed E-state index contributed by atoms with van der Waals surface area (Å²) >= 11 is 0.